The van der Waals surface area contributed by atoms with Crippen molar-refractivity contribution in [2.45, 2.75) is 95.7 Å². The van der Waals surface area contributed by atoms with Gasteiger partial charge in [0.2, 0.25) is 0 Å². The normalized spacial score (nSPS) is 26.6. The predicted octanol–water partition coefficient (Wildman–Crippen LogP) is 2.75. The Morgan fingerprint density at radius 3 is 2.43 bits per heavy atom. The molecule has 0 aliphatic carbocycles. The van der Waals surface area contributed by atoms with Crippen molar-refractivity contribution in [1.82, 2.24) is 9.97 Å². The number of pyridine rings is 2. The molecule has 0 aromatic heterocycles. The molecule has 0 bridgehead atoms. The van der Waals surface area contributed by atoms with Crippen LogP contribution in [0.5, 0.6) is 0 Å². The van der Waals surface area contributed by atoms with Crippen molar-refractivity contribution in [2.75, 3.05) is 0 Å². The highest BCUT2D eigenvalue weighted by Crippen LogP contribution is 2.60. The number of H-pyrrole nitrogens is 1. The van der Waals surface area contributed by atoms with Crippen molar-refractivity contribution < 1.29 is 38.4 Å². The van der Waals surface area contributed by atoms with E-state index < -0.39 is 54.3 Å². The Kier molecular flexibility index (Phi) is 7.94. The summed E-state index contributed by atoms with van der Waals surface area (Å²) in [6.07, 6.45) is -4.06. The predicted molar refractivity (Wildman–Crippen MR) is 126 cm³/mol. The van der Waals surface area contributed by atoms with E-state index in [0.717, 1.165) is 6.20 Å². The van der Waals surface area contributed by atoms with E-state index in [1.165, 1.54) is 13.0 Å². The molecule has 3 unspecified atom stereocenters. The number of aliphatic hydroxyl groups is 3. The average molecular weight is 517 g/mol. The van der Waals surface area contributed by atoms with Gasteiger partial charge in [-0.3, -0.25) is 9.36 Å². The molecular weight excluding hydrogens is 482 g/mol. The molecule has 1 fully saturated rings. The molecule has 10 nitrogen and oxygen atoms in total. The van der Waals surface area contributed by atoms with Crippen LogP contribution in [0.25, 0.3) is 11.4 Å². The van der Waals surface area contributed by atoms with Gasteiger partial charge in [-0.05, 0) is 44.7 Å². The SMILES string of the molecule is CCC(C)(C[C@H]1O[C@@H](c2cc3c(C)c(F)c[nH]c-3nc2=O)[C@@H](O)C1O)OP(=O)(O)C(O)(CC)CC. The summed E-state index contributed by atoms with van der Waals surface area (Å²) < 4.78 is 38.4. The number of aromatic nitrogens is 2. The highest BCUT2D eigenvalue weighted by molar-refractivity contribution is 7.54. The van der Waals surface area contributed by atoms with E-state index in [9.17, 15) is 34.0 Å². The van der Waals surface area contributed by atoms with E-state index in [-0.39, 0.29) is 42.6 Å². The molecule has 3 aliphatic heterocycles. The van der Waals surface area contributed by atoms with Gasteiger partial charge in [-0.25, -0.2) is 4.39 Å². The number of fused-ring (bicyclic) bond motifs is 1. The number of ether oxygens (including phenoxy) is 1. The maximum Gasteiger partial charge on any atom is 0.359 e. The lowest BCUT2D eigenvalue weighted by molar-refractivity contribution is -0.0545. The molecule has 3 aliphatic rings. The molecule has 3 rings (SSSR count). The first-order valence-electron chi connectivity index (χ1n) is 11.7. The Balaban J connectivity index is 1.90. The summed E-state index contributed by atoms with van der Waals surface area (Å²) in [5.41, 5.74) is -1.48. The molecule has 6 atom stereocenters. The molecule has 5 N–H and O–H groups in total. The first-order valence-corrected chi connectivity index (χ1v) is 13.3. The molecule has 0 saturated carbocycles. The summed E-state index contributed by atoms with van der Waals surface area (Å²) >= 11 is 0. The van der Waals surface area contributed by atoms with Gasteiger partial charge < -0.3 is 34.5 Å². The maximum atomic E-state index is 14.0. The number of hydrogen-bond acceptors (Lipinski definition) is 8. The Morgan fingerprint density at radius 1 is 1.23 bits per heavy atom. The smallest absolute Gasteiger partial charge is 0.359 e. The summed E-state index contributed by atoms with van der Waals surface area (Å²) in [5, 5.41) is 30.1. The first-order chi connectivity index (χ1) is 16.2. The minimum atomic E-state index is -4.51. The number of hydrogen-bond donors (Lipinski definition) is 5. The second kappa shape index (κ2) is 9.97. The molecule has 0 aromatic rings. The molecule has 0 aromatic carbocycles. The number of aliphatic hydroxyl groups excluding tert-OH is 2. The van der Waals surface area contributed by atoms with Crippen LogP contribution in [-0.4, -0.2) is 59.4 Å². The van der Waals surface area contributed by atoms with E-state index in [4.69, 9.17) is 9.26 Å². The minimum absolute atomic E-state index is 0.000899. The maximum absolute atomic E-state index is 14.0. The molecular formula is C23H34FN2O8P. The van der Waals surface area contributed by atoms with E-state index >= 15 is 0 Å². The van der Waals surface area contributed by atoms with Crippen molar-refractivity contribution in [1.29, 1.82) is 0 Å². The third-order valence-corrected chi connectivity index (χ3v) is 9.54. The summed E-state index contributed by atoms with van der Waals surface area (Å²) in [6.45, 7) is 7.94. The van der Waals surface area contributed by atoms with Crippen molar-refractivity contribution in [2.24, 2.45) is 0 Å². The number of rotatable bonds is 9. The van der Waals surface area contributed by atoms with Crippen molar-refractivity contribution in [3.8, 4) is 11.4 Å². The zero-order chi connectivity index (χ0) is 26.3. The van der Waals surface area contributed by atoms with Crippen LogP contribution in [0.2, 0.25) is 0 Å². The lowest BCUT2D eigenvalue weighted by atomic mass is 9.92. The average Bonchev–Trinajstić information content (AvgIpc) is 3.08. The Hall–Kier alpha value is -1.72. The van der Waals surface area contributed by atoms with Crippen LogP contribution < -0.4 is 5.56 Å². The minimum Gasteiger partial charge on any atom is -0.388 e. The van der Waals surface area contributed by atoms with Crippen LogP contribution in [0.4, 0.5) is 4.39 Å². The molecule has 0 spiro atoms. The van der Waals surface area contributed by atoms with Crippen LogP contribution in [-0.2, 0) is 13.8 Å². The summed E-state index contributed by atoms with van der Waals surface area (Å²) in [7, 11) is -4.51. The quantitative estimate of drug-likeness (QED) is 0.316. The lowest BCUT2D eigenvalue weighted by Gasteiger charge is -2.38. The molecule has 1 saturated heterocycles. The zero-order valence-electron chi connectivity index (χ0n) is 20.5. The van der Waals surface area contributed by atoms with Gasteiger partial charge >= 0.3 is 7.60 Å². The summed E-state index contributed by atoms with van der Waals surface area (Å²) in [4.78, 5) is 29.7. The fraction of sp³-hybridized carbons (Fsp3) is 0.652. The van der Waals surface area contributed by atoms with Crippen molar-refractivity contribution >= 4 is 7.60 Å². The van der Waals surface area contributed by atoms with Gasteiger partial charge in [-0.15, -0.1) is 0 Å². The van der Waals surface area contributed by atoms with Crippen LogP contribution in [0.1, 0.15) is 70.6 Å². The standard InChI is InChI=1S/C23H34FN2O8P/c1-6-22(5,34-35(31,32)23(30,7-2)8-3)10-16-17(27)18(28)19(33-16)14-9-13-12(4)15(24)11-25-20(13)26-21(14)29/h9,11,16-19,27-28,30H,6-8,10H2,1-5H3,(H,31,32)(H,25,26,29)/t16-,17?,18+,19+,22?/m1/s1. The van der Waals surface area contributed by atoms with E-state index in [2.05, 4.69) is 9.97 Å². The summed E-state index contributed by atoms with van der Waals surface area (Å²) in [5.74, 6) is -0.356. The molecule has 35 heavy (non-hydrogen) atoms. The highest BCUT2D eigenvalue weighted by Gasteiger charge is 2.52. The Bertz CT molecular complexity index is 1140. The monoisotopic (exact) mass is 516 g/mol. The van der Waals surface area contributed by atoms with Crippen LogP contribution >= 0.6 is 7.60 Å². The van der Waals surface area contributed by atoms with E-state index in [1.807, 2.05) is 0 Å². The Morgan fingerprint density at radius 2 is 1.86 bits per heavy atom. The van der Waals surface area contributed by atoms with Crippen LogP contribution in [0, 0.1) is 12.7 Å². The molecule has 12 heteroatoms. The van der Waals surface area contributed by atoms with Crippen LogP contribution in [0.3, 0.4) is 0 Å². The molecule has 196 valence electrons. The second-order valence-electron chi connectivity index (χ2n) is 9.43. The number of halogens is 1. The summed E-state index contributed by atoms with van der Waals surface area (Å²) in [6, 6.07) is 1.38. The highest BCUT2D eigenvalue weighted by atomic mass is 31.2. The van der Waals surface area contributed by atoms with E-state index in [1.54, 1.807) is 27.7 Å². The molecule has 0 amide bonds. The van der Waals surface area contributed by atoms with Crippen LogP contribution in [0.15, 0.2) is 17.1 Å². The van der Waals surface area contributed by atoms with Crippen molar-refractivity contribution in [3.63, 3.8) is 0 Å². The van der Waals surface area contributed by atoms with Gasteiger partial charge in [0.1, 0.15) is 30.0 Å². The number of aromatic amines is 1. The third-order valence-electron chi connectivity index (χ3n) is 7.17. The zero-order valence-corrected chi connectivity index (χ0v) is 21.4. The topological polar surface area (TPSA) is 162 Å². The van der Waals surface area contributed by atoms with Gasteiger partial charge in [-0.1, -0.05) is 20.8 Å². The molecule has 0 radical (unpaired) electrons. The van der Waals surface area contributed by atoms with Gasteiger partial charge in [-0.2, -0.15) is 4.98 Å². The third kappa shape index (κ3) is 5.09. The molecule has 3 heterocycles. The van der Waals surface area contributed by atoms with Gasteiger partial charge in [0, 0.05) is 18.2 Å². The fourth-order valence-corrected chi connectivity index (χ4v) is 6.13. The van der Waals surface area contributed by atoms with E-state index in [0.29, 0.717) is 5.56 Å². The fourth-order valence-electron chi connectivity index (χ4n) is 4.36. The first kappa shape index (κ1) is 27.9. The number of nitrogens with one attached hydrogen (secondary N) is 1. The number of nitrogens with zero attached hydrogens (tertiary/aromatic N) is 1. The Labute approximate surface area is 203 Å². The van der Waals surface area contributed by atoms with Gasteiger partial charge in [0.05, 0.1) is 17.3 Å². The largest absolute Gasteiger partial charge is 0.388 e. The lowest BCUT2D eigenvalue weighted by Crippen LogP contribution is -2.40. The van der Waals surface area contributed by atoms with Gasteiger partial charge in [0.25, 0.3) is 5.56 Å². The van der Waals surface area contributed by atoms with Gasteiger partial charge in [0.15, 0.2) is 5.34 Å². The second-order valence-corrected chi connectivity index (χ2v) is 11.5. The van der Waals surface area contributed by atoms with Crippen molar-refractivity contribution in [3.05, 3.63) is 39.6 Å².